The van der Waals surface area contributed by atoms with Gasteiger partial charge in [0.05, 0.1) is 27.8 Å². The third-order valence-corrected chi connectivity index (χ3v) is 5.87. The highest BCUT2D eigenvalue weighted by atomic mass is 32.2. The number of hydrogen-bond donors (Lipinski definition) is 2. The number of hydrogen-bond acceptors (Lipinski definition) is 6. The van der Waals surface area contributed by atoms with E-state index < -0.39 is 21.6 Å². The van der Waals surface area contributed by atoms with Crippen LogP contribution >= 0.6 is 0 Å². The molecule has 0 spiro atoms. The number of nitrogens with zero attached hydrogens (tertiary/aromatic N) is 4. The van der Waals surface area contributed by atoms with Crippen molar-refractivity contribution in [3.63, 3.8) is 0 Å². The van der Waals surface area contributed by atoms with Gasteiger partial charge in [0.2, 0.25) is 10.0 Å². The molecule has 0 saturated carbocycles. The molecular weight excluding hydrogens is 380 g/mol. The number of sulfonamides is 1. The van der Waals surface area contributed by atoms with Crippen molar-refractivity contribution >= 4 is 20.9 Å². The molecule has 0 radical (unpaired) electrons. The maximum atomic E-state index is 12.8. The Labute approximate surface area is 160 Å². The summed E-state index contributed by atoms with van der Waals surface area (Å²) in [5.41, 5.74) is 1.64. The minimum Gasteiger partial charge on any atom is -0.313 e. The minimum absolute atomic E-state index is 0.00425. The Bertz CT molecular complexity index is 1280. The monoisotopic (exact) mass is 396 g/mol. The molecule has 0 saturated heterocycles. The van der Waals surface area contributed by atoms with E-state index in [9.17, 15) is 13.2 Å². The van der Waals surface area contributed by atoms with Crippen LogP contribution in [0.2, 0.25) is 0 Å². The van der Waals surface area contributed by atoms with Crippen LogP contribution in [0.25, 0.3) is 16.6 Å². The fourth-order valence-electron chi connectivity index (χ4n) is 2.84. The molecule has 2 N–H and O–H groups in total. The maximum absolute atomic E-state index is 12.8. The second-order valence-electron chi connectivity index (χ2n) is 6.19. The number of nitrogens with one attached hydrogen (secondary N) is 2. The molecule has 142 valence electrons. The summed E-state index contributed by atoms with van der Waals surface area (Å²) < 4.78 is 29.8. The highest BCUT2D eigenvalue weighted by Gasteiger charge is 2.19. The zero-order chi connectivity index (χ0) is 19.7. The third-order valence-electron chi connectivity index (χ3n) is 4.33. The second kappa shape index (κ2) is 6.98. The van der Waals surface area contributed by atoms with Crippen LogP contribution in [0.3, 0.4) is 0 Å². The Kier molecular flexibility index (Phi) is 4.49. The minimum atomic E-state index is -3.83. The van der Waals surface area contributed by atoms with E-state index in [1.54, 1.807) is 17.9 Å². The smallest absolute Gasteiger partial charge is 0.258 e. The lowest BCUT2D eigenvalue weighted by Gasteiger charge is -2.15. The zero-order valence-electron chi connectivity index (χ0n) is 14.8. The second-order valence-corrected chi connectivity index (χ2v) is 7.90. The van der Waals surface area contributed by atoms with Crippen molar-refractivity contribution < 1.29 is 8.42 Å². The van der Waals surface area contributed by atoms with Gasteiger partial charge >= 0.3 is 0 Å². The van der Waals surface area contributed by atoms with Gasteiger partial charge in [-0.2, -0.15) is 5.10 Å². The first-order chi connectivity index (χ1) is 13.4. The van der Waals surface area contributed by atoms with E-state index in [0.717, 1.165) is 11.3 Å². The molecular formula is C18H16N6O3S. The highest BCUT2D eigenvalue weighted by Crippen LogP contribution is 2.20. The average molecular weight is 396 g/mol. The molecule has 0 aliphatic rings. The van der Waals surface area contributed by atoms with E-state index in [2.05, 4.69) is 24.8 Å². The van der Waals surface area contributed by atoms with Gasteiger partial charge in [-0.05, 0) is 42.8 Å². The molecule has 10 heteroatoms. The molecule has 0 unspecified atom stereocenters. The normalized spacial score (nSPS) is 12.9. The number of H-pyrrole nitrogens is 1. The average Bonchev–Trinajstić information content (AvgIpc) is 3.23. The van der Waals surface area contributed by atoms with Crippen molar-refractivity contribution in [3.8, 4) is 5.69 Å². The van der Waals surface area contributed by atoms with Crippen LogP contribution in [0, 0.1) is 0 Å². The molecule has 1 atom stereocenters. The predicted octanol–water partition coefficient (Wildman–Crippen LogP) is 1.54. The zero-order valence-corrected chi connectivity index (χ0v) is 15.6. The summed E-state index contributed by atoms with van der Waals surface area (Å²) >= 11 is 0. The van der Waals surface area contributed by atoms with Gasteiger partial charge in [0.25, 0.3) is 5.56 Å². The van der Waals surface area contributed by atoms with Gasteiger partial charge in [0.15, 0.2) is 0 Å². The Morgan fingerprint density at radius 1 is 1.14 bits per heavy atom. The van der Waals surface area contributed by atoms with Crippen molar-refractivity contribution in [2.45, 2.75) is 17.9 Å². The molecule has 0 aliphatic heterocycles. The summed E-state index contributed by atoms with van der Waals surface area (Å²) in [6, 6.07) is 11.1. The Morgan fingerprint density at radius 3 is 2.64 bits per heavy atom. The van der Waals surface area contributed by atoms with Gasteiger partial charge < -0.3 is 4.98 Å². The third kappa shape index (κ3) is 3.42. The number of aromatic nitrogens is 5. The van der Waals surface area contributed by atoms with Crippen LogP contribution in [-0.4, -0.2) is 33.2 Å². The topological polar surface area (TPSA) is 123 Å². The van der Waals surface area contributed by atoms with Gasteiger partial charge in [0.1, 0.15) is 12.7 Å². The van der Waals surface area contributed by atoms with Gasteiger partial charge in [0, 0.05) is 6.04 Å². The van der Waals surface area contributed by atoms with E-state index in [0.29, 0.717) is 5.52 Å². The number of fused-ring (bicyclic) bond motifs is 1. The van der Waals surface area contributed by atoms with Crippen molar-refractivity contribution in [1.29, 1.82) is 0 Å². The molecule has 28 heavy (non-hydrogen) atoms. The van der Waals surface area contributed by atoms with Crippen LogP contribution in [0.5, 0.6) is 0 Å². The van der Waals surface area contributed by atoms with Crippen molar-refractivity contribution in [2.75, 3.05) is 0 Å². The van der Waals surface area contributed by atoms with E-state index in [4.69, 9.17) is 0 Å². The van der Waals surface area contributed by atoms with Gasteiger partial charge in [-0.25, -0.2) is 27.8 Å². The quantitative estimate of drug-likeness (QED) is 0.528. The Hall–Kier alpha value is -3.37. The highest BCUT2D eigenvalue weighted by molar-refractivity contribution is 7.89. The fraction of sp³-hybridized carbons (Fsp3) is 0.111. The molecule has 0 fully saturated rings. The number of rotatable bonds is 5. The molecule has 0 aliphatic carbocycles. The lowest BCUT2D eigenvalue weighted by atomic mass is 10.1. The molecule has 2 heterocycles. The number of aromatic amines is 1. The fourth-order valence-corrected chi connectivity index (χ4v) is 4.10. The van der Waals surface area contributed by atoms with Crippen molar-refractivity contribution in [1.82, 2.24) is 29.5 Å². The SMILES string of the molecule is C[C@@H](NS(=O)(=O)c1ccc2nc[nH]c(=O)c2c1)c1ccc(-n2cncn2)cc1. The van der Waals surface area contributed by atoms with Crippen LogP contribution in [0.1, 0.15) is 18.5 Å². The first kappa shape index (κ1) is 18.0. The van der Waals surface area contributed by atoms with Crippen LogP contribution in [-0.2, 0) is 10.0 Å². The molecule has 0 bridgehead atoms. The molecule has 4 aromatic rings. The largest absolute Gasteiger partial charge is 0.313 e. The van der Waals surface area contributed by atoms with E-state index in [-0.39, 0.29) is 10.3 Å². The predicted molar refractivity (Wildman–Crippen MR) is 102 cm³/mol. The van der Waals surface area contributed by atoms with Gasteiger partial charge in [-0.15, -0.1) is 0 Å². The van der Waals surface area contributed by atoms with Crippen molar-refractivity contribution in [2.24, 2.45) is 0 Å². The lowest BCUT2D eigenvalue weighted by Crippen LogP contribution is -2.27. The summed E-state index contributed by atoms with van der Waals surface area (Å²) in [4.78, 5) is 22.3. The Balaban J connectivity index is 1.59. The molecule has 4 rings (SSSR count). The van der Waals surface area contributed by atoms with Gasteiger partial charge in [-0.1, -0.05) is 12.1 Å². The number of benzene rings is 2. The maximum Gasteiger partial charge on any atom is 0.258 e. The van der Waals surface area contributed by atoms with Gasteiger partial charge in [-0.3, -0.25) is 4.79 Å². The first-order valence-electron chi connectivity index (χ1n) is 8.39. The summed E-state index contributed by atoms with van der Waals surface area (Å²) in [7, 11) is -3.83. The molecule has 2 aromatic heterocycles. The summed E-state index contributed by atoms with van der Waals surface area (Å²) in [5, 5.41) is 4.27. The van der Waals surface area contributed by atoms with E-state index in [1.165, 1.54) is 30.9 Å². The van der Waals surface area contributed by atoms with E-state index in [1.807, 2.05) is 24.3 Å². The van der Waals surface area contributed by atoms with E-state index >= 15 is 0 Å². The molecule has 0 amide bonds. The van der Waals surface area contributed by atoms with Crippen LogP contribution in [0.4, 0.5) is 0 Å². The lowest BCUT2D eigenvalue weighted by molar-refractivity contribution is 0.567. The van der Waals surface area contributed by atoms with Crippen molar-refractivity contribution in [3.05, 3.63) is 77.4 Å². The first-order valence-corrected chi connectivity index (χ1v) is 9.87. The molecule has 2 aromatic carbocycles. The summed E-state index contributed by atoms with van der Waals surface area (Å²) in [6.45, 7) is 1.75. The van der Waals surface area contributed by atoms with Crippen LogP contribution < -0.4 is 10.3 Å². The standard InChI is InChI=1S/C18H16N6O3S/c1-12(13-2-4-14(5-3-13)24-11-19-9-22-24)23-28(26,27)15-6-7-17-16(8-15)18(25)21-10-20-17/h2-12,23H,1H3,(H,20,21,25)/t12-/m1/s1. The van der Waals surface area contributed by atoms with Crippen LogP contribution in [0.15, 0.2) is 71.1 Å². The summed E-state index contributed by atoms with van der Waals surface area (Å²) in [6.07, 6.45) is 4.30. The Morgan fingerprint density at radius 2 is 1.93 bits per heavy atom. The molecule has 9 nitrogen and oxygen atoms in total. The summed E-state index contributed by atoms with van der Waals surface area (Å²) in [5.74, 6) is 0.